The molecule has 0 radical (unpaired) electrons. The van der Waals surface area contributed by atoms with E-state index >= 15 is 0 Å². The number of pyridine rings is 1. The Morgan fingerprint density at radius 1 is 1.37 bits per heavy atom. The molecule has 192 valence electrons. The monoisotopic (exact) mass is 543 g/mol. The minimum Gasteiger partial charge on any atom is -0.617 e. The molecule has 2 aromatic heterocycles. The molecule has 0 saturated carbocycles. The van der Waals surface area contributed by atoms with Gasteiger partial charge in [-0.1, -0.05) is 0 Å². The molecule has 0 spiro atoms. The number of nitrogens with zero attached hydrogens (tertiary/aromatic N) is 3. The summed E-state index contributed by atoms with van der Waals surface area (Å²) in [6.07, 6.45) is 2.43. The van der Waals surface area contributed by atoms with Crippen LogP contribution in [0.2, 0.25) is 10.3 Å². The van der Waals surface area contributed by atoms with Crippen LogP contribution >= 0.6 is 34.5 Å². The van der Waals surface area contributed by atoms with Crippen molar-refractivity contribution in [2.75, 3.05) is 26.7 Å². The number of thiophene rings is 1. The average Bonchev–Trinajstić information content (AvgIpc) is 3.34. The van der Waals surface area contributed by atoms with E-state index in [1.165, 1.54) is 13.2 Å². The van der Waals surface area contributed by atoms with E-state index in [1.54, 1.807) is 18.3 Å². The average molecular weight is 545 g/mol. The van der Waals surface area contributed by atoms with Gasteiger partial charge in [-0.05, 0) is 84.3 Å². The number of piperidine rings is 1. The van der Waals surface area contributed by atoms with Crippen molar-refractivity contribution in [3.63, 3.8) is 0 Å². The highest BCUT2D eigenvalue weighted by molar-refractivity contribution is 7.07. The van der Waals surface area contributed by atoms with Gasteiger partial charge in [0.1, 0.15) is 5.56 Å². The van der Waals surface area contributed by atoms with Gasteiger partial charge in [0.05, 0.1) is 7.11 Å². The lowest BCUT2D eigenvalue weighted by Crippen LogP contribution is -2.51. The second-order valence-corrected chi connectivity index (χ2v) is 10.2. The van der Waals surface area contributed by atoms with Crippen LogP contribution in [0.5, 0.6) is 0 Å². The van der Waals surface area contributed by atoms with Gasteiger partial charge in [0.2, 0.25) is 0 Å². The van der Waals surface area contributed by atoms with Gasteiger partial charge >= 0.3 is 11.2 Å². The first kappa shape index (κ1) is 27.5. The van der Waals surface area contributed by atoms with Crippen LogP contribution in [0.4, 0.5) is 4.79 Å². The predicted molar refractivity (Wildman–Crippen MR) is 137 cm³/mol. The summed E-state index contributed by atoms with van der Waals surface area (Å²) in [5.41, 5.74) is 4.24. The highest BCUT2D eigenvalue weighted by Crippen LogP contribution is 2.23. The maximum Gasteiger partial charge on any atom is 0.341 e. The number of hydroxylamine groups is 1. The normalized spacial score (nSPS) is 15.6. The summed E-state index contributed by atoms with van der Waals surface area (Å²) in [6.45, 7) is 6.49. The van der Waals surface area contributed by atoms with E-state index in [4.69, 9.17) is 28.0 Å². The first-order valence-corrected chi connectivity index (χ1v) is 13.1. The molecular formula is C23H31Cl2N5O4S. The number of urea groups is 1. The summed E-state index contributed by atoms with van der Waals surface area (Å²) >= 11 is 13.5. The SMILES string of the molecule is CONC(=O)N(Cc1ccsc1)C1CCN([C@H](C)CCNC(=O)c2c(C)cc(Cl)[n+]([O-])c2Cl)CC1. The van der Waals surface area contributed by atoms with Crippen molar-refractivity contribution in [1.29, 1.82) is 0 Å². The second kappa shape index (κ2) is 12.7. The van der Waals surface area contributed by atoms with E-state index in [-0.39, 0.29) is 34.0 Å². The lowest BCUT2D eigenvalue weighted by Gasteiger charge is -2.40. The number of hydrogen-bond donors (Lipinski definition) is 2. The number of hydrogen-bond acceptors (Lipinski definition) is 6. The molecular weight excluding hydrogens is 513 g/mol. The molecule has 0 aromatic carbocycles. The minimum absolute atomic E-state index is 0.0744. The highest BCUT2D eigenvalue weighted by atomic mass is 35.5. The van der Waals surface area contributed by atoms with Gasteiger partial charge in [-0.15, -0.1) is 4.73 Å². The summed E-state index contributed by atoms with van der Waals surface area (Å²) < 4.78 is 0.340. The van der Waals surface area contributed by atoms with Crippen LogP contribution in [0.3, 0.4) is 0 Å². The number of rotatable bonds is 9. The molecule has 1 fully saturated rings. The van der Waals surface area contributed by atoms with Gasteiger partial charge in [0.15, 0.2) is 0 Å². The fraction of sp³-hybridized carbons (Fsp3) is 0.522. The van der Waals surface area contributed by atoms with E-state index in [2.05, 4.69) is 22.6 Å². The summed E-state index contributed by atoms with van der Waals surface area (Å²) in [6, 6.07) is 3.57. The number of carbonyl (C=O) groups excluding carboxylic acids is 2. The molecule has 35 heavy (non-hydrogen) atoms. The Hall–Kier alpha value is -2.11. The van der Waals surface area contributed by atoms with Gasteiger partial charge < -0.3 is 20.3 Å². The van der Waals surface area contributed by atoms with E-state index in [1.807, 2.05) is 21.7 Å². The first-order chi connectivity index (χ1) is 16.7. The molecule has 0 bridgehead atoms. The third-order valence-corrected chi connectivity index (χ3v) is 7.67. The van der Waals surface area contributed by atoms with Crippen LogP contribution in [0.1, 0.15) is 47.7 Å². The second-order valence-electron chi connectivity index (χ2n) is 8.64. The lowest BCUT2D eigenvalue weighted by atomic mass is 10.0. The number of amides is 3. The third-order valence-electron chi connectivity index (χ3n) is 6.33. The maximum absolute atomic E-state index is 12.6. The number of nitrogens with one attached hydrogen (secondary N) is 2. The standard InChI is InChI=1S/C23H31Cl2N5O4S/c1-15-12-19(24)30(33)21(25)20(15)22(31)26-8-4-16(2)28-9-5-18(6-10-28)29(23(32)27-34-3)13-17-7-11-35-14-17/h7,11-12,14,16,18H,4-6,8-10,13H2,1-3H3,(H,26,31)(H,27,32)/t16-/m1/s1. The quantitative estimate of drug-likeness (QED) is 0.217. The number of carbonyl (C=O) groups is 2. The van der Waals surface area contributed by atoms with Gasteiger partial charge in [-0.25, -0.2) is 10.3 Å². The number of likely N-dealkylation sites (tertiary alicyclic amines) is 1. The zero-order chi connectivity index (χ0) is 25.5. The minimum atomic E-state index is -0.395. The molecule has 12 heteroatoms. The van der Waals surface area contributed by atoms with Gasteiger partial charge in [0, 0.05) is 44.3 Å². The van der Waals surface area contributed by atoms with Crippen LogP contribution < -0.4 is 15.5 Å². The molecule has 1 aliphatic rings. The molecule has 0 unspecified atom stereocenters. The lowest BCUT2D eigenvalue weighted by molar-refractivity contribution is -0.600. The Labute approximate surface area is 219 Å². The number of aromatic nitrogens is 1. The van der Waals surface area contributed by atoms with Crippen molar-refractivity contribution in [1.82, 2.24) is 20.6 Å². The smallest absolute Gasteiger partial charge is 0.341 e. The molecule has 0 aliphatic carbocycles. The van der Waals surface area contributed by atoms with E-state index in [9.17, 15) is 14.8 Å². The van der Waals surface area contributed by atoms with E-state index in [0.29, 0.717) is 23.4 Å². The molecule has 9 nitrogen and oxygen atoms in total. The summed E-state index contributed by atoms with van der Waals surface area (Å²) in [4.78, 5) is 34.3. The molecule has 3 amide bonds. The topological polar surface area (TPSA) is 101 Å². The largest absolute Gasteiger partial charge is 0.617 e. The summed E-state index contributed by atoms with van der Waals surface area (Å²) in [5, 5.41) is 18.5. The molecule has 1 saturated heterocycles. The molecule has 3 rings (SSSR count). The van der Waals surface area contributed by atoms with Crippen LogP contribution in [-0.4, -0.2) is 60.6 Å². The Kier molecular flexibility index (Phi) is 9.99. The van der Waals surface area contributed by atoms with Crippen molar-refractivity contribution in [2.24, 2.45) is 0 Å². The Bertz CT molecular complexity index is 1020. The molecule has 1 aliphatic heterocycles. The van der Waals surface area contributed by atoms with Crippen molar-refractivity contribution >= 4 is 46.5 Å². The number of aryl methyl sites for hydroxylation is 1. The molecule has 2 aromatic rings. The van der Waals surface area contributed by atoms with E-state index < -0.39 is 5.91 Å². The molecule has 1 atom stereocenters. The predicted octanol–water partition coefficient (Wildman–Crippen LogP) is 3.74. The van der Waals surface area contributed by atoms with Crippen molar-refractivity contribution in [3.05, 3.63) is 55.1 Å². The van der Waals surface area contributed by atoms with Crippen molar-refractivity contribution < 1.29 is 19.2 Å². The van der Waals surface area contributed by atoms with Crippen LogP contribution in [0, 0.1) is 12.1 Å². The zero-order valence-corrected chi connectivity index (χ0v) is 22.4. The Balaban J connectivity index is 1.50. The summed E-state index contributed by atoms with van der Waals surface area (Å²) in [7, 11) is 1.43. The number of halogens is 2. The van der Waals surface area contributed by atoms with Gasteiger partial charge in [-0.2, -0.15) is 11.3 Å². The van der Waals surface area contributed by atoms with E-state index in [0.717, 1.165) is 37.9 Å². The van der Waals surface area contributed by atoms with Gasteiger partial charge in [0.25, 0.3) is 11.1 Å². The zero-order valence-electron chi connectivity index (χ0n) is 20.1. The van der Waals surface area contributed by atoms with Crippen LogP contribution in [0.25, 0.3) is 0 Å². The maximum atomic E-state index is 12.6. The highest BCUT2D eigenvalue weighted by Gasteiger charge is 2.30. The van der Waals surface area contributed by atoms with Crippen molar-refractivity contribution in [2.45, 2.75) is 51.7 Å². The Morgan fingerprint density at radius 2 is 2.09 bits per heavy atom. The fourth-order valence-electron chi connectivity index (χ4n) is 4.34. The van der Waals surface area contributed by atoms with Crippen LogP contribution in [0.15, 0.2) is 22.9 Å². The van der Waals surface area contributed by atoms with Gasteiger partial charge in [-0.3, -0.25) is 9.63 Å². The fourth-order valence-corrected chi connectivity index (χ4v) is 5.61. The summed E-state index contributed by atoms with van der Waals surface area (Å²) in [5.74, 6) is -0.395. The first-order valence-electron chi connectivity index (χ1n) is 11.4. The Morgan fingerprint density at radius 3 is 2.71 bits per heavy atom. The third kappa shape index (κ3) is 6.98. The molecule has 2 N–H and O–H groups in total. The molecule has 3 heterocycles. The van der Waals surface area contributed by atoms with Crippen molar-refractivity contribution in [3.8, 4) is 0 Å². The van der Waals surface area contributed by atoms with Crippen LogP contribution in [-0.2, 0) is 11.4 Å².